The second-order valence-electron chi connectivity index (χ2n) is 7.87. The van der Waals surface area contributed by atoms with E-state index in [1.807, 2.05) is 12.1 Å². The lowest BCUT2D eigenvalue weighted by atomic mass is 9.69. The fourth-order valence-electron chi connectivity index (χ4n) is 3.86. The van der Waals surface area contributed by atoms with Crippen LogP contribution in [0.2, 0.25) is 0 Å². The molecule has 7 heteroatoms. The number of methoxy groups -OCH3 is 1. The zero-order valence-corrected chi connectivity index (χ0v) is 17.2. The molecule has 0 aromatic heterocycles. The Hall–Kier alpha value is -2.67. The van der Waals surface area contributed by atoms with Crippen molar-refractivity contribution in [2.24, 2.45) is 5.41 Å². The molecule has 0 spiro atoms. The summed E-state index contributed by atoms with van der Waals surface area (Å²) in [5.41, 5.74) is 2.23. The molecule has 0 bridgehead atoms. The van der Waals surface area contributed by atoms with Gasteiger partial charge in [-0.15, -0.1) is 0 Å². The Kier molecular flexibility index (Phi) is 6.92. The van der Waals surface area contributed by atoms with Crippen molar-refractivity contribution in [3.05, 3.63) is 48.0 Å². The number of amides is 1. The molecule has 162 valence electrons. The Balaban J connectivity index is 1.75. The average Bonchev–Trinajstić information content (AvgIpc) is 2.70. The molecule has 0 saturated heterocycles. The Bertz CT molecular complexity index is 860. The van der Waals surface area contributed by atoms with Gasteiger partial charge in [0.1, 0.15) is 11.5 Å². The summed E-state index contributed by atoms with van der Waals surface area (Å²) in [5, 5.41) is 9.66. The maximum absolute atomic E-state index is 12.8. The highest BCUT2D eigenvalue weighted by Crippen LogP contribution is 2.41. The van der Waals surface area contributed by atoms with Crippen LogP contribution < -0.4 is 9.47 Å². The summed E-state index contributed by atoms with van der Waals surface area (Å²) in [7, 11) is 3.31. The number of ether oxygens (including phenoxy) is 2. The second-order valence-corrected chi connectivity index (χ2v) is 7.87. The van der Waals surface area contributed by atoms with E-state index in [1.165, 1.54) is 12.1 Å². The molecule has 1 fully saturated rings. The molecule has 5 nitrogen and oxygen atoms in total. The SMILES string of the molecule is COc1ccc(-c2ccc(OC(F)F)cc2)cc1CC(=O)N(C)CC1(CO)CCC1. The van der Waals surface area contributed by atoms with Gasteiger partial charge in [-0.2, -0.15) is 8.78 Å². The van der Waals surface area contributed by atoms with E-state index in [0.29, 0.717) is 12.3 Å². The summed E-state index contributed by atoms with van der Waals surface area (Å²) in [5.74, 6) is 0.651. The van der Waals surface area contributed by atoms with E-state index in [2.05, 4.69) is 4.74 Å². The predicted molar refractivity (Wildman–Crippen MR) is 110 cm³/mol. The molecule has 0 heterocycles. The molecule has 1 saturated carbocycles. The number of benzene rings is 2. The van der Waals surface area contributed by atoms with Crippen LogP contribution in [0.5, 0.6) is 11.5 Å². The van der Waals surface area contributed by atoms with Gasteiger partial charge in [0.2, 0.25) is 5.91 Å². The highest BCUT2D eigenvalue weighted by Gasteiger charge is 2.38. The van der Waals surface area contributed by atoms with Crippen LogP contribution in [0.1, 0.15) is 24.8 Å². The van der Waals surface area contributed by atoms with Crippen LogP contribution >= 0.6 is 0 Å². The van der Waals surface area contributed by atoms with Crippen molar-refractivity contribution in [3.8, 4) is 22.6 Å². The van der Waals surface area contributed by atoms with E-state index in [4.69, 9.17) is 4.74 Å². The lowest BCUT2D eigenvalue weighted by Gasteiger charge is -2.42. The third kappa shape index (κ3) is 5.08. The zero-order chi connectivity index (χ0) is 21.7. The molecule has 0 radical (unpaired) electrons. The van der Waals surface area contributed by atoms with Crippen molar-refractivity contribution < 1.29 is 28.2 Å². The summed E-state index contributed by atoms with van der Waals surface area (Å²) < 4.78 is 34.5. The zero-order valence-electron chi connectivity index (χ0n) is 17.2. The Labute approximate surface area is 175 Å². The minimum Gasteiger partial charge on any atom is -0.496 e. The van der Waals surface area contributed by atoms with Crippen LogP contribution in [0.25, 0.3) is 11.1 Å². The first-order valence-corrected chi connectivity index (χ1v) is 9.93. The Morgan fingerprint density at radius 1 is 1.17 bits per heavy atom. The first-order chi connectivity index (χ1) is 14.4. The van der Waals surface area contributed by atoms with Gasteiger partial charge in [0.15, 0.2) is 0 Å². The molecule has 0 unspecified atom stereocenters. The van der Waals surface area contributed by atoms with Gasteiger partial charge < -0.3 is 19.5 Å². The quantitative estimate of drug-likeness (QED) is 0.664. The second kappa shape index (κ2) is 9.43. The number of likely N-dealkylation sites (N-methyl/N-ethyl adjacent to an activating group) is 1. The van der Waals surface area contributed by atoms with Crippen molar-refractivity contribution in [3.63, 3.8) is 0 Å². The van der Waals surface area contributed by atoms with Crippen LogP contribution in [-0.4, -0.2) is 49.8 Å². The summed E-state index contributed by atoms with van der Waals surface area (Å²) >= 11 is 0. The molecular formula is C23H27F2NO4. The standard InChI is InChI=1S/C23H27F2NO4/c1-26(14-23(15-27)10-3-11-23)21(28)13-18-12-17(6-9-20(18)29-2)16-4-7-19(8-5-16)30-22(24)25/h4-9,12,22,27H,3,10-11,13-15H2,1-2H3. The minimum absolute atomic E-state index is 0.0501. The molecule has 1 amide bonds. The number of alkyl halides is 2. The van der Waals surface area contributed by atoms with Crippen molar-refractivity contribution >= 4 is 5.91 Å². The first-order valence-electron chi connectivity index (χ1n) is 9.93. The van der Waals surface area contributed by atoms with Crippen LogP contribution in [0, 0.1) is 5.41 Å². The number of carbonyl (C=O) groups is 1. The fourth-order valence-corrected chi connectivity index (χ4v) is 3.86. The molecule has 1 aliphatic carbocycles. The highest BCUT2D eigenvalue weighted by atomic mass is 19.3. The van der Waals surface area contributed by atoms with E-state index in [9.17, 15) is 18.7 Å². The van der Waals surface area contributed by atoms with Crippen molar-refractivity contribution in [1.29, 1.82) is 0 Å². The lowest BCUT2D eigenvalue weighted by molar-refractivity contribution is -0.132. The molecule has 30 heavy (non-hydrogen) atoms. The largest absolute Gasteiger partial charge is 0.496 e. The smallest absolute Gasteiger partial charge is 0.387 e. The molecule has 0 atom stereocenters. The van der Waals surface area contributed by atoms with Gasteiger partial charge in [0.25, 0.3) is 0 Å². The van der Waals surface area contributed by atoms with Gasteiger partial charge in [-0.3, -0.25) is 4.79 Å². The molecule has 2 aromatic carbocycles. The van der Waals surface area contributed by atoms with Gasteiger partial charge in [-0.05, 0) is 48.2 Å². The highest BCUT2D eigenvalue weighted by molar-refractivity contribution is 5.80. The Morgan fingerprint density at radius 2 is 1.83 bits per heavy atom. The van der Waals surface area contributed by atoms with Crippen LogP contribution in [0.4, 0.5) is 8.78 Å². The number of rotatable bonds is 9. The minimum atomic E-state index is -2.86. The molecule has 2 aromatic rings. The van der Waals surface area contributed by atoms with E-state index in [-0.39, 0.29) is 30.1 Å². The number of aliphatic hydroxyl groups excluding tert-OH is 1. The number of nitrogens with zero attached hydrogens (tertiary/aromatic N) is 1. The normalized spacial score (nSPS) is 14.9. The first kappa shape index (κ1) is 22.0. The Morgan fingerprint density at radius 3 is 2.37 bits per heavy atom. The number of hydrogen-bond donors (Lipinski definition) is 1. The van der Waals surface area contributed by atoms with Crippen molar-refractivity contribution in [2.75, 3.05) is 27.3 Å². The number of hydrogen-bond acceptors (Lipinski definition) is 4. The monoisotopic (exact) mass is 419 g/mol. The molecule has 0 aliphatic heterocycles. The van der Waals surface area contributed by atoms with Gasteiger partial charge in [-0.25, -0.2) is 0 Å². The third-order valence-corrected chi connectivity index (χ3v) is 5.78. The number of halogens is 2. The van der Waals surface area contributed by atoms with Crippen molar-refractivity contribution in [2.45, 2.75) is 32.3 Å². The van der Waals surface area contributed by atoms with Gasteiger partial charge >= 0.3 is 6.61 Å². The average molecular weight is 419 g/mol. The molecule has 3 rings (SSSR count). The molecular weight excluding hydrogens is 392 g/mol. The van der Waals surface area contributed by atoms with Gasteiger partial charge in [-0.1, -0.05) is 24.6 Å². The molecule has 1 aliphatic rings. The number of carbonyl (C=O) groups excluding carboxylic acids is 1. The van der Waals surface area contributed by atoms with Gasteiger partial charge in [0.05, 0.1) is 20.1 Å². The van der Waals surface area contributed by atoms with E-state index in [1.54, 1.807) is 37.3 Å². The fraction of sp³-hybridized carbons (Fsp3) is 0.435. The summed E-state index contributed by atoms with van der Waals surface area (Å²) in [4.78, 5) is 14.5. The van der Waals surface area contributed by atoms with E-state index < -0.39 is 6.61 Å². The van der Waals surface area contributed by atoms with Crippen LogP contribution in [0.3, 0.4) is 0 Å². The third-order valence-electron chi connectivity index (χ3n) is 5.78. The van der Waals surface area contributed by atoms with E-state index >= 15 is 0 Å². The molecule has 1 N–H and O–H groups in total. The van der Waals surface area contributed by atoms with Crippen molar-refractivity contribution in [1.82, 2.24) is 4.90 Å². The van der Waals surface area contributed by atoms with E-state index in [0.717, 1.165) is 36.0 Å². The summed E-state index contributed by atoms with van der Waals surface area (Å²) in [6, 6.07) is 11.9. The topological polar surface area (TPSA) is 59.0 Å². The summed E-state index contributed by atoms with van der Waals surface area (Å²) in [6.45, 7) is -2.23. The predicted octanol–water partition coefficient (Wildman–Crippen LogP) is 4.13. The van der Waals surface area contributed by atoms with Crippen LogP contribution in [0.15, 0.2) is 42.5 Å². The summed E-state index contributed by atoms with van der Waals surface area (Å²) in [6.07, 6.45) is 3.12. The maximum atomic E-state index is 12.8. The number of aliphatic hydroxyl groups is 1. The lowest BCUT2D eigenvalue weighted by Crippen LogP contribution is -2.45. The maximum Gasteiger partial charge on any atom is 0.387 e. The van der Waals surface area contributed by atoms with Gasteiger partial charge in [0, 0.05) is 24.6 Å². The van der Waals surface area contributed by atoms with Crippen LogP contribution in [-0.2, 0) is 11.2 Å².